The lowest BCUT2D eigenvalue weighted by Gasteiger charge is -2.58. The van der Waals surface area contributed by atoms with Gasteiger partial charge in [0.25, 0.3) is 0 Å². The van der Waals surface area contributed by atoms with Crippen LogP contribution in [0.1, 0.15) is 38.5 Å². The van der Waals surface area contributed by atoms with E-state index in [-0.39, 0.29) is 22.3 Å². The zero-order valence-electron chi connectivity index (χ0n) is 10.8. The van der Waals surface area contributed by atoms with Crippen molar-refractivity contribution in [1.82, 2.24) is 10.6 Å². The van der Waals surface area contributed by atoms with Crippen LogP contribution in [0.2, 0.25) is 0 Å². The number of amides is 2. The Labute approximate surface area is 117 Å². The maximum Gasteiger partial charge on any atom is 0.239 e. The highest BCUT2D eigenvalue weighted by atomic mass is 32.1. The molecule has 0 unspecified atom stereocenters. The van der Waals surface area contributed by atoms with Crippen LogP contribution in [0.5, 0.6) is 0 Å². The third kappa shape index (κ3) is 1.67. The first-order valence-electron chi connectivity index (χ1n) is 7.21. The summed E-state index contributed by atoms with van der Waals surface area (Å²) >= 11 is 4.89. The molecule has 5 fully saturated rings. The summed E-state index contributed by atoms with van der Waals surface area (Å²) in [6, 6.07) is 0. The number of hydrogen-bond acceptors (Lipinski definition) is 3. The molecule has 19 heavy (non-hydrogen) atoms. The van der Waals surface area contributed by atoms with E-state index >= 15 is 0 Å². The summed E-state index contributed by atoms with van der Waals surface area (Å²) in [6.07, 6.45) is 7.10. The molecule has 0 aromatic carbocycles. The van der Waals surface area contributed by atoms with E-state index in [1.54, 1.807) is 0 Å². The van der Waals surface area contributed by atoms with Crippen LogP contribution in [0.25, 0.3) is 0 Å². The van der Waals surface area contributed by atoms with Gasteiger partial charge in [0, 0.05) is 0 Å². The Morgan fingerprint density at radius 3 is 1.74 bits per heavy atom. The number of carbonyl (C=O) groups is 2. The molecular formula is C14H18N2O2S. The van der Waals surface area contributed by atoms with Gasteiger partial charge in [0.15, 0.2) is 5.11 Å². The molecule has 1 aliphatic heterocycles. The van der Waals surface area contributed by atoms with Gasteiger partial charge in [-0.25, -0.2) is 0 Å². The average Bonchev–Trinajstić information content (AvgIpc) is 2.24. The predicted molar refractivity (Wildman–Crippen MR) is 73.0 cm³/mol. The lowest BCUT2D eigenvalue weighted by molar-refractivity contribution is -0.153. The highest BCUT2D eigenvalue weighted by molar-refractivity contribution is 7.80. The van der Waals surface area contributed by atoms with E-state index in [9.17, 15) is 9.59 Å². The van der Waals surface area contributed by atoms with E-state index in [0.717, 1.165) is 37.0 Å². The summed E-state index contributed by atoms with van der Waals surface area (Å²) < 4.78 is 0. The first-order valence-corrected chi connectivity index (χ1v) is 7.62. The van der Waals surface area contributed by atoms with Crippen LogP contribution >= 0.6 is 12.2 Å². The van der Waals surface area contributed by atoms with Gasteiger partial charge in [-0.1, -0.05) is 0 Å². The molecule has 4 aliphatic carbocycles. The van der Waals surface area contributed by atoms with Crippen LogP contribution in [-0.2, 0) is 9.59 Å². The van der Waals surface area contributed by atoms with Crippen LogP contribution in [0.15, 0.2) is 0 Å². The fourth-order valence-electron chi connectivity index (χ4n) is 5.61. The molecule has 2 N–H and O–H groups in total. The first kappa shape index (κ1) is 11.8. The lowest BCUT2D eigenvalue weighted by Crippen LogP contribution is -2.63. The second kappa shape index (κ2) is 3.78. The molecule has 0 aromatic heterocycles. The minimum atomic E-state index is -0.521. The van der Waals surface area contributed by atoms with Gasteiger partial charge in [0.2, 0.25) is 11.8 Å². The second-order valence-corrected chi connectivity index (χ2v) is 7.43. The number of rotatable bonds is 1. The highest BCUT2D eigenvalue weighted by Gasteiger charge is 2.58. The van der Waals surface area contributed by atoms with Crippen LogP contribution in [0, 0.1) is 29.1 Å². The van der Waals surface area contributed by atoms with Gasteiger partial charge in [0.05, 0.1) is 0 Å². The quantitative estimate of drug-likeness (QED) is 0.562. The van der Waals surface area contributed by atoms with Gasteiger partial charge in [0.1, 0.15) is 5.92 Å². The molecule has 1 saturated heterocycles. The Balaban J connectivity index is 1.69. The van der Waals surface area contributed by atoms with Crippen molar-refractivity contribution in [2.75, 3.05) is 0 Å². The summed E-state index contributed by atoms with van der Waals surface area (Å²) in [5.74, 6) is 1.35. The van der Waals surface area contributed by atoms with Crippen molar-refractivity contribution in [3.05, 3.63) is 0 Å². The van der Waals surface area contributed by atoms with E-state index in [0.29, 0.717) is 0 Å². The SMILES string of the molecule is O=C1NC(=S)NC(=O)C1C12CC3CC(CC(C3)C1)C2. The van der Waals surface area contributed by atoms with Crippen molar-refractivity contribution in [2.24, 2.45) is 29.1 Å². The van der Waals surface area contributed by atoms with E-state index in [1.165, 1.54) is 19.3 Å². The molecule has 0 spiro atoms. The second-order valence-electron chi connectivity index (χ2n) is 7.02. The molecule has 1 heterocycles. The smallest absolute Gasteiger partial charge is 0.239 e. The minimum Gasteiger partial charge on any atom is -0.302 e. The molecule has 0 atom stereocenters. The van der Waals surface area contributed by atoms with E-state index in [4.69, 9.17) is 12.2 Å². The van der Waals surface area contributed by atoms with Crippen LogP contribution in [0.4, 0.5) is 0 Å². The number of hydrogen-bond donors (Lipinski definition) is 2. The Hall–Kier alpha value is -0.970. The maximum atomic E-state index is 12.3. The normalized spacial score (nSPS) is 45.3. The maximum absolute atomic E-state index is 12.3. The van der Waals surface area contributed by atoms with Gasteiger partial charge in [-0.15, -0.1) is 0 Å². The molecule has 5 heteroatoms. The standard InChI is InChI=1S/C14H18N2O2S/c17-11-10(12(18)16-13(19)15-11)14-4-7-1-8(5-14)3-9(2-7)6-14/h7-10H,1-6H2,(H2,15,16,17,18,19). The minimum absolute atomic E-state index is 0.0844. The van der Waals surface area contributed by atoms with Crippen molar-refractivity contribution in [1.29, 1.82) is 0 Å². The molecule has 5 rings (SSSR count). The fourth-order valence-corrected chi connectivity index (χ4v) is 5.81. The van der Waals surface area contributed by atoms with Gasteiger partial charge in [-0.05, 0) is 73.9 Å². The van der Waals surface area contributed by atoms with E-state index < -0.39 is 5.92 Å². The third-order valence-corrected chi connectivity index (χ3v) is 5.90. The first-order chi connectivity index (χ1) is 9.06. The highest BCUT2D eigenvalue weighted by Crippen LogP contribution is 2.62. The van der Waals surface area contributed by atoms with Crippen LogP contribution in [0.3, 0.4) is 0 Å². The zero-order valence-corrected chi connectivity index (χ0v) is 11.6. The Bertz CT molecular complexity index is 433. The predicted octanol–water partition coefficient (Wildman–Crippen LogP) is 1.35. The van der Waals surface area contributed by atoms with Crippen LogP contribution in [-0.4, -0.2) is 16.9 Å². The van der Waals surface area contributed by atoms with E-state index in [2.05, 4.69) is 10.6 Å². The molecule has 4 saturated carbocycles. The summed E-state index contributed by atoms with van der Waals surface area (Å²) in [4.78, 5) is 24.5. The number of carbonyl (C=O) groups excluding carboxylic acids is 2. The lowest BCUT2D eigenvalue weighted by atomic mass is 9.46. The molecule has 0 aromatic rings. The number of thiocarbonyl (C=S) groups is 1. The molecule has 102 valence electrons. The van der Waals surface area contributed by atoms with Gasteiger partial charge in [-0.3, -0.25) is 9.59 Å². The van der Waals surface area contributed by atoms with Gasteiger partial charge < -0.3 is 10.6 Å². The molecule has 4 nitrogen and oxygen atoms in total. The van der Waals surface area contributed by atoms with Crippen molar-refractivity contribution in [2.45, 2.75) is 38.5 Å². The van der Waals surface area contributed by atoms with E-state index in [1.807, 2.05) is 0 Å². The van der Waals surface area contributed by atoms with Crippen molar-refractivity contribution in [3.8, 4) is 0 Å². The van der Waals surface area contributed by atoms with Crippen molar-refractivity contribution < 1.29 is 9.59 Å². The summed E-state index contributed by atoms with van der Waals surface area (Å²) in [7, 11) is 0. The number of nitrogens with one attached hydrogen (secondary N) is 2. The Kier molecular flexibility index (Phi) is 2.35. The third-order valence-electron chi connectivity index (χ3n) is 5.70. The summed E-state index contributed by atoms with van der Waals surface area (Å²) in [5, 5.41) is 5.45. The molecule has 5 aliphatic rings. The van der Waals surface area contributed by atoms with Crippen LogP contribution < -0.4 is 10.6 Å². The molecule has 2 amide bonds. The Morgan fingerprint density at radius 2 is 1.32 bits per heavy atom. The van der Waals surface area contributed by atoms with Crippen molar-refractivity contribution >= 4 is 29.1 Å². The largest absolute Gasteiger partial charge is 0.302 e. The average molecular weight is 278 g/mol. The van der Waals surface area contributed by atoms with Gasteiger partial charge in [-0.2, -0.15) is 0 Å². The van der Waals surface area contributed by atoms with Gasteiger partial charge >= 0.3 is 0 Å². The summed E-state index contributed by atoms with van der Waals surface area (Å²) in [6.45, 7) is 0. The molecule has 4 bridgehead atoms. The monoisotopic (exact) mass is 278 g/mol. The topological polar surface area (TPSA) is 58.2 Å². The summed E-state index contributed by atoms with van der Waals surface area (Å²) in [5.41, 5.74) is -0.0844. The molecular weight excluding hydrogens is 260 g/mol. The Morgan fingerprint density at radius 1 is 0.895 bits per heavy atom. The zero-order chi connectivity index (χ0) is 13.2. The molecule has 0 radical (unpaired) electrons. The fraction of sp³-hybridized carbons (Fsp3) is 0.786. The van der Waals surface area contributed by atoms with Crippen molar-refractivity contribution in [3.63, 3.8) is 0 Å².